The molecule has 0 aliphatic carbocycles. The molecule has 3 nitrogen and oxygen atoms in total. The van der Waals surface area contributed by atoms with E-state index in [1.165, 1.54) is 10.7 Å². The Morgan fingerprint density at radius 1 is 1.25 bits per heavy atom. The van der Waals surface area contributed by atoms with Crippen LogP contribution >= 0.6 is 0 Å². The molecule has 0 amide bonds. The molecule has 0 saturated carbocycles. The lowest BCUT2D eigenvalue weighted by Gasteiger charge is -1.98. The normalized spacial score (nSPS) is 10.0. The fourth-order valence-corrected chi connectivity index (χ4v) is 1.05. The van der Waals surface area contributed by atoms with Crippen molar-refractivity contribution in [2.45, 2.75) is 0 Å². The molecule has 1 radical (unpaired) electrons. The topological polar surface area (TPSA) is 37.8 Å². The zero-order valence-electron chi connectivity index (χ0n) is 6.32. The highest BCUT2D eigenvalue weighted by molar-refractivity contribution is 5.29. The predicted molar refractivity (Wildman–Crippen MR) is 45.2 cm³/mol. The van der Waals surface area contributed by atoms with E-state index in [1.807, 2.05) is 30.3 Å². The molecule has 12 heavy (non-hydrogen) atoms. The maximum Gasteiger partial charge on any atom is 0.271 e. The van der Waals surface area contributed by atoms with Crippen molar-refractivity contribution in [2.24, 2.45) is 0 Å². The highest BCUT2D eigenvalue weighted by atomic mass is 16.1. The van der Waals surface area contributed by atoms with E-state index in [-0.39, 0.29) is 5.56 Å². The van der Waals surface area contributed by atoms with Crippen LogP contribution in [-0.4, -0.2) is 9.78 Å². The highest BCUT2D eigenvalue weighted by Gasteiger charge is 1.96. The van der Waals surface area contributed by atoms with Crippen molar-refractivity contribution in [3.8, 4) is 5.69 Å². The Balaban J connectivity index is 2.59. The lowest BCUT2D eigenvalue weighted by molar-refractivity contribution is 0.847. The number of benzene rings is 1. The smallest absolute Gasteiger partial charge is 0.271 e. The van der Waals surface area contributed by atoms with E-state index in [4.69, 9.17) is 0 Å². The van der Waals surface area contributed by atoms with Crippen molar-refractivity contribution in [3.05, 3.63) is 52.9 Å². The van der Waals surface area contributed by atoms with Crippen LogP contribution in [0.5, 0.6) is 0 Å². The van der Waals surface area contributed by atoms with Gasteiger partial charge in [0.25, 0.3) is 5.56 Å². The first-order chi connectivity index (χ1) is 5.88. The van der Waals surface area contributed by atoms with Gasteiger partial charge in [0.05, 0.1) is 11.9 Å². The van der Waals surface area contributed by atoms with E-state index >= 15 is 0 Å². The Bertz CT molecular complexity index is 413. The molecular formula is C9H7N2O. The third kappa shape index (κ3) is 1.05. The Labute approximate surface area is 69.3 Å². The van der Waals surface area contributed by atoms with Crippen LogP contribution in [0.2, 0.25) is 0 Å². The van der Waals surface area contributed by atoms with Crippen molar-refractivity contribution in [1.82, 2.24) is 9.78 Å². The Morgan fingerprint density at radius 3 is 2.58 bits per heavy atom. The predicted octanol–water partition coefficient (Wildman–Crippen LogP) is 0.966. The maximum absolute atomic E-state index is 11.1. The lowest BCUT2D eigenvalue weighted by atomic mass is 10.3. The Kier molecular flexibility index (Phi) is 1.55. The van der Waals surface area contributed by atoms with Gasteiger partial charge in [-0.05, 0) is 12.1 Å². The van der Waals surface area contributed by atoms with Crippen LogP contribution in [0.4, 0.5) is 0 Å². The molecule has 0 saturated heterocycles. The summed E-state index contributed by atoms with van der Waals surface area (Å²) in [6.45, 7) is 0. The van der Waals surface area contributed by atoms with E-state index < -0.39 is 0 Å². The van der Waals surface area contributed by atoms with Gasteiger partial charge >= 0.3 is 0 Å². The van der Waals surface area contributed by atoms with Gasteiger partial charge in [-0.2, -0.15) is 0 Å². The van der Waals surface area contributed by atoms with E-state index in [1.54, 1.807) is 0 Å². The van der Waals surface area contributed by atoms with Gasteiger partial charge in [-0.15, -0.1) is 0 Å². The van der Waals surface area contributed by atoms with Gasteiger partial charge < -0.3 is 0 Å². The Hall–Kier alpha value is -1.77. The van der Waals surface area contributed by atoms with E-state index in [0.717, 1.165) is 5.69 Å². The molecule has 1 N–H and O–H groups in total. The molecule has 0 aliphatic rings. The quantitative estimate of drug-likeness (QED) is 0.661. The highest BCUT2D eigenvalue weighted by Crippen LogP contribution is 2.00. The van der Waals surface area contributed by atoms with Gasteiger partial charge in [0.15, 0.2) is 0 Å². The molecule has 0 fully saturated rings. The summed E-state index contributed by atoms with van der Waals surface area (Å²) in [6.07, 6.45) is 2.62. The van der Waals surface area contributed by atoms with Crippen LogP contribution < -0.4 is 5.56 Å². The van der Waals surface area contributed by atoms with E-state index in [9.17, 15) is 4.79 Å². The molecular weight excluding hydrogens is 152 g/mol. The fraction of sp³-hybridized carbons (Fsp3) is 0. The first kappa shape index (κ1) is 6.91. The summed E-state index contributed by atoms with van der Waals surface area (Å²) < 4.78 is 1.43. The van der Waals surface area contributed by atoms with Crippen molar-refractivity contribution in [2.75, 3.05) is 0 Å². The number of H-pyrrole nitrogens is 1. The standard InChI is InChI=1S/C9H7N2O/c12-9-6-7-10-11(9)8-4-2-1-3-5-8/h1-6,10H. The number of aromatic nitrogens is 2. The summed E-state index contributed by atoms with van der Waals surface area (Å²) >= 11 is 0. The van der Waals surface area contributed by atoms with Gasteiger partial charge in [0.1, 0.15) is 0 Å². The van der Waals surface area contributed by atoms with Crippen LogP contribution in [0.15, 0.2) is 41.2 Å². The molecule has 0 atom stereocenters. The van der Waals surface area contributed by atoms with Gasteiger partial charge in [-0.25, -0.2) is 4.68 Å². The molecule has 1 aromatic carbocycles. The molecule has 0 aliphatic heterocycles. The van der Waals surface area contributed by atoms with Crippen molar-refractivity contribution in [3.63, 3.8) is 0 Å². The average Bonchev–Trinajstić information content (AvgIpc) is 2.53. The number of rotatable bonds is 1. The minimum Gasteiger partial charge on any atom is -0.289 e. The second kappa shape index (κ2) is 2.70. The number of hydrogen-bond acceptors (Lipinski definition) is 1. The SMILES string of the molecule is O=c1c[c][nH]n1-c1ccccc1. The summed E-state index contributed by atoms with van der Waals surface area (Å²) in [6, 6.07) is 10.7. The number of aromatic amines is 1. The molecule has 2 rings (SSSR count). The van der Waals surface area contributed by atoms with Crippen LogP contribution in [0.25, 0.3) is 5.69 Å². The second-order valence-corrected chi connectivity index (χ2v) is 2.41. The summed E-state index contributed by atoms with van der Waals surface area (Å²) in [5.74, 6) is 0. The third-order valence-electron chi connectivity index (χ3n) is 1.61. The first-order valence-electron chi connectivity index (χ1n) is 3.61. The van der Waals surface area contributed by atoms with Crippen molar-refractivity contribution in [1.29, 1.82) is 0 Å². The van der Waals surface area contributed by atoms with Gasteiger partial charge in [0.2, 0.25) is 0 Å². The van der Waals surface area contributed by atoms with Crippen molar-refractivity contribution >= 4 is 0 Å². The number of nitrogens with one attached hydrogen (secondary N) is 1. The third-order valence-corrected chi connectivity index (χ3v) is 1.61. The van der Waals surface area contributed by atoms with Gasteiger partial charge in [-0.1, -0.05) is 18.2 Å². The zero-order chi connectivity index (χ0) is 8.39. The molecule has 0 spiro atoms. The van der Waals surface area contributed by atoms with Crippen LogP contribution in [-0.2, 0) is 0 Å². The van der Waals surface area contributed by atoms with Gasteiger partial charge in [-0.3, -0.25) is 9.89 Å². The lowest BCUT2D eigenvalue weighted by Crippen LogP contribution is -2.12. The van der Waals surface area contributed by atoms with Crippen LogP contribution in [0.1, 0.15) is 0 Å². The second-order valence-electron chi connectivity index (χ2n) is 2.41. The molecule has 1 aromatic heterocycles. The number of para-hydroxylation sites is 1. The summed E-state index contributed by atoms with van der Waals surface area (Å²) in [5.41, 5.74) is 0.727. The summed E-state index contributed by atoms with van der Waals surface area (Å²) in [5, 5.41) is 2.70. The molecule has 2 aromatic rings. The summed E-state index contributed by atoms with van der Waals surface area (Å²) in [7, 11) is 0. The number of nitrogens with zero attached hydrogens (tertiary/aromatic N) is 1. The Morgan fingerprint density at radius 2 is 2.00 bits per heavy atom. The van der Waals surface area contributed by atoms with E-state index in [0.29, 0.717) is 0 Å². The first-order valence-corrected chi connectivity index (χ1v) is 3.61. The molecule has 0 unspecified atom stereocenters. The zero-order valence-corrected chi connectivity index (χ0v) is 6.32. The molecule has 59 valence electrons. The maximum atomic E-state index is 11.1. The molecule has 0 bridgehead atoms. The van der Waals surface area contributed by atoms with Gasteiger partial charge in [0, 0.05) is 6.07 Å². The van der Waals surface area contributed by atoms with Crippen LogP contribution in [0.3, 0.4) is 0 Å². The van der Waals surface area contributed by atoms with Crippen LogP contribution in [0, 0.1) is 6.20 Å². The minimum absolute atomic E-state index is 0.0961. The average molecular weight is 159 g/mol. The van der Waals surface area contributed by atoms with Crippen molar-refractivity contribution < 1.29 is 0 Å². The monoisotopic (exact) mass is 159 g/mol. The largest absolute Gasteiger partial charge is 0.289 e. The molecule has 3 heteroatoms. The minimum atomic E-state index is -0.0961. The number of hydrogen-bond donors (Lipinski definition) is 1. The fourth-order valence-electron chi connectivity index (χ4n) is 1.05. The van der Waals surface area contributed by atoms with E-state index in [2.05, 4.69) is 11.3 Å². The molecule has 1 heterocycles. The summed E-state index contributed by atoms with van der Waals surface area (Å²) in [4.78, 5) is 11.1.